The topological polar surface area (TPSA) is 3.24 Å². The van der Waals surface area contributed by atoms with Gasteiger partial charge in [-0.15, -0.1) is 0 Å². The van der Waals surface area contributed by atoms with Crippen LogP contribution in [0.15, 0.2) is 0 Å². The van der Waals surface area contributed by atoms with Crippen molar-refractivity contribution in [2.24, 2.45) is 0 Å². The first-order chi connectivity index (χ1) is 3.80. The second kappa shape index (κ2) is 2.83. The van der Waals surface area contributed by atoms with Crippen molar-refractivity contribution in [3.8, 4) is 0 Å². The van der Waals surface area contributed by atoms with Crippen LogP contribution < -0.4 is 0 Å². The van der Waals surface area contributed by atoms with Crippen LogP contribution in [0.5, 0.6) is 0 Å². The van der Waals surface area contributed by atoms with Crippen LogP contribution in [0.25, 0.3) is 0 Å². The van der Waals surface area contributed by atoms with Gasteiger partial charge < -0.3 is 0 Å². The van der Waals surface area contributed by atoms with Crippen molar-refractivity contribution in [2.45, 2.75) is 32.2 Å². The van der Waals surface area contributed by atoms with Crippen LogP contribution >= 0.6 is 16.1 Å². The average Bonchev–Trinajstić information content (AvgIpc) is 1.77. The minimum absolute atomic E-state index is 0.753. The molecule has 0 aromatic rings. The molecule has 48 valence electrons. The fourth-order valence-corrected chi connectivity index (χ4v) is 1.52. The fourth-order valence-electron chi connectivity index (χ4n) is 1.06. The Morgan fingerprint density at radius 1 is 1.50 bits per heavy atom. The normalized spacial score (nSPS) is 33.0. The first kappa shape index (κ1) is 6.56. The van der Waals surface area contributed by atoms with Gasteiger partial charge in [-0.25, -0.2) is 3.93 Å². The highest BCUT2D eigenvalue weighted by atomic mass is 79.9. The summed E-state index contributed by atoms with van der Waals surface area (Å²) >= 11 is 3.49. The molecule has 0 aromatic heterocycles. The largest absolute Gasteiger partial charge is 0.240 e. The summed E-state index contributed by atoms with van der Waals surface area (Å²) in [7, 11) is 0. The van der Waals surface area contributed by atoms with Crippen LogP contribution in [-0.4, -0.2) is 16.5 Å². The molecule has 0 spiro atoms. The Morgan fingerprint density at radius 2 is 2.25 bits per heavy atom. The molecule has 0 aromatic carbocycles. The summed E-state index contributed by atoms with van der Waals surface area (Å²) < 4.78 is 2.25. The molecule has 1 nitrogen and oxygen atoms in total. The monoisotopic (exact) mass is 177 g/mol. The Morgan fingerprint density at radius 3 is 2.62 bits per heavy atom. The third-order valence-electron chi connectivity index (χ3n) is 1.72. The minimum Gasteiger partial charge on any atom is -0.240 e. The highest BCUT2D eigenvalue weighted by Gasteiger charge is 2.14. The molecular formula is C6H12BrN. The molecule has 0 amide bonds. The van der Waals surface area contributed by atoms with Crippen LogP contribution in [0.4, 0.5) is 0 Å². The zero-order valence-electron chi connectivity index (χ0n) is 5.23. The van der Waals surface area contributed by atoms with Crippen LogP contribution in [0.1, 0.15) is 26.2 Å². The lowest BCUT2D eigenvalue weighted by Gasteiger charge is -2.26. The summed E-state index contributed by atoms with van der Waals surface area (Å²) in [4.78, 5) is 0. The van der Waals surface area contributed by atoms with E-state index in [0.717, 1.165) is 6.04 Å². The van der Waals surface area contributed by atoms with Crippen molar-refractivity contribution >= 4 is 16.1 Å². The molecule has 1 saturated heterocycles. The van der Waals surface area contributed by atoms with E-state index in [4.69, 9.17) is 0 Å². The summed E-state index contributed by atoms with van der Waals surface area (Å²) in [6, 6.07) is 0.753. The van der Waals surface area contributed by atoms with Gasteiger partial charge >= 0.3 is 0 Å². The summed E-state index contributed by atoms with van der Waals surface area (Å²) in [5, 5.41) is 0. The summed E-state index contributed by atoms with van der Waals surface area (Å²) in [5.41, 5.74) is 0. The van der Waals surface area contributed by atoms with E-state index in [-0.39, 0.29) is 0 Å². The number of rotatable bonds is 0. The number of nitrogens with zero attached hydrogens (tertiary/aromatic N) is 1. The molecule has 1 rings (SSSR count). The lowest BCUT2D eigenvalue weighted by atomic mass is 10.1. The Bertz CT molecular complexity index is 64.9. The van der Waals surface area contributed by atoms with Gasteiger partial charge in [0.2, 0.25) is 0 Å². The predicted molar refractivity (Wildman–Crippen MR) is 38.9 cm³/mol. The summed E-state index contributed by atoms with van der Waals surface area (Å²) in [6.45, 7) is 3.48. The van der Waals surface area contributed by atoms with Crippen LogP contribution in [-0.2, 0) is 0 Å². The molecule has 2 heteroatoms. The van der Waals surface area contributed by atoms with Gasteiger partial charge in [0.05, 0.1) is 0 Å². The third kappa shape index (κ3) is 1.46. The van der Waals surface area contributed by atoms with Gasteiger partial charge in [0.25, 0.3) is 0 Å². The average molecular weight is 178 g/mol. The molecular weight excluding hydrogens is 166 g/mol. The second-order valence-electron chi connectivity index (χ2n) is 2.47. The van der Waals surface area contributed by atoms with Gasteiger partial charge in [0, 0.05) is 28.7 Å². The smallest absolute Gasteiger partial charge is 0.0177 e. The van der Waals surface area contributed by atoms with Crippen molar-refractivity contribution in [2.75, 3.05) is 6.54 Å². The van der Waals surface area contributed by atoms with Gasteiger partial charge in [-0.05, 0) is 19.8 Å². The number of hydrogen-bond donors (Lipinski definition) is 0. The van der Waals surface area contributed by atoms with Crippen molar-refractivity contribution < 1.29 is 0 Å². The molecule has 0 saturated carbocycles. The van der Waals surface area contributed by atoms with E-state index in [0.29, 0.717) is 0 Å². The van der Waals surface area contributed by atoms with E-state index >= 15 is 0 Å². The predicted octanol–water partition coefficient (Wildman–Crippen LogP) is 2.17. The molecule has 0 bridgehead atoms. The molecule has 1 unspecified atom stereocenters. The molecule has 1 atom stereocenters. The Kier molecular flexibility index (Phi) is 2.32. The molecule has 1 fully saturated rings. The van der Waals surface area contributed by atoms with Crippen molar-refractivity contribution in [1.82, 2.24) is 3.93 Å². The molecule has 8 heavy (non-hydrogen) atoms. The van der Waals surface area contributed by atoms with Gasteiger partial charge in [0.15, 0.2) is 0 Å². The Labute approximate surface area is 59.4 Å². The lowest BCUT2D eigenvalue weighted by Crippen LogP contribution is -2.28. The van der Waals surface area contributed by atoms with E-state index < -0.39 is 0 Å². The van der Waals surface area contributed by atoms with Gasteiger partial charge in [-0.3, -0.25) is 0 Å². The van der Waals surface area contributed by atoms with Crippen LogP contribution in [0, 0.1) is 0 Å². The SMILES string of the molecule is CC1CCCCN1Br. The third-order valence-corrected chi connectivity index (χ3v) is 2.78. The summed E-state index contributed by atoms with van der Waals surface area (Å²) in [5.74, 6) is 0. The molecule has 1 aliphatic heterocycles. The standard InChI is InChI=1S/C6H12BrN/c1-6-4-2-3-5-8(6)7/h6H,2-5H2,1H3. The van der Waals surface area contributed by atoms with E-state index in [1.165, 1.54) is 25.8 Å². The quantitative estimate of drug-likeness (QED) is 0.514. The molecule has 0 radical (unpaired) electrons. The molecule has 0 N–H and O–H groups in total. The number of halogens is 1. The van der Waals surface area contributed by atoms with Crippen molar-refractivity contribution in [1.29, 1.82) is 0 Å². The van der Waals surface area contributed by atoms with E-state index in [1.54, 1.807) is 0 Å². The maximum Gasteiger partial charge on any atom is 0.0177 e. The number of hydrogen-bond acceptors (Lipinski definition) is 1. The highest BCUT2D eigenvalue weighted by Crippen LogP contribution is 2.18. The zero-order valence-corrected chi connectivity index (χ0v) is 6.82. The van der Waals surface area contributed by atoms with E-state index in [2.05, 4.69) is 27.0 Å². The number of piperidine rings is 1. The van der Waals surface area contributed by atoms with Gasteiger partial charge in [-0.1, -0.05) is 6.42 Å². The maximum absolute atomic E-state index is 3.49. The van der Waals surface area contributed by atoms with Crippen LogP contribution in [0.2, 0.25) is 0 Å². The van der Waals surface area contributed by atoms with E-state index in [9.17, 15) is 0 Å². The van der Waals surface area contributed by atoms with Gasteiger partial charge in [-0.2, -0.15) is 0 Å². The molecule has 1 aliphatic rings. The minimum atomic E-state index is 0.753. The second-order valence-corrected chi connectivity index (χ2v) is 3.38. The molecule has 1 heterocycles. The maximum atomic E-state index is 3.49. The summed E-state index contributed by atoms with van der Waals surface area (Å²) in [6.07, 6.45) is 4.12. The molecule has 0 aliphatic carbocycles. The Hall–Kier alpha value is 0.440. The highest BCUT2D eigenvalue weighted by molar-refractivity contribution is 9.07. The Balaban J connectivity index is 2.28. The van der Waals surface area contributed by atoms with Crippen LogP contribution in [0.3, 0.4) is 0 Å². The van der Waals surface area contributed by atoms with Gasteiger partial charge in [0.1, 0.15) is 0 Å². The van der Waals surface area contributed by atoms with Crippen molar-refractivity contribution in [3.05, 3.63) is 0 Å². The lowest BCUT2D eigenvalue weighted by molar-refractivity contribution is 0.303. The first-order valence-corrected chi connectivity index (χ1v) is 3.94. The van der Waals surface area contributed by atoms with E-state index in [1.807, 2.05) is 0 Å². The van der Waals surface area contributed by atoms with Crippen molar-refractivity contribution in [3.63, 3.8) is 0 Å². The fraction of sp³-hybridized carbons (Fsp3) is 1.00. The first-order valence-electron chi connectivity index (χ1n) is 3.23. The zero-order chi connectivity index (χ0) is 5.98.